The normalized spacial score (nSPS) is 18.7. The molecule has 0 saturated heterocycles. The molecule has 1 heterocycles. The summed E-state index contributed by atoms with van der Waals surface area (Å²) >= 11 is 12.1. The Labute approximate surface area is 114 Å². The fourth-order valence-corrected chi connectivity index (χ4v) is 2.23. The standard InChI is InChI=1S/C12H9Cl2N3O/c1-2-6-17-10(11(15)16-12(17)18)7-4-3-5-8(13)9(7)14/h1,3-5,10H,6H2,(H2,15,16,18). The van der Waals surface area contributed by atoms with Crippen LogP contribution in [0, 0.1) is 12.3 Å². The van der Waals surface area contributed by atoms with Crippen LogP contribution in [0.3, 0.4) is 0 Å². The van der Waals surface area contributed by atoms with Gasteiger partial charge in [-0.05, 0) is 6.07 Å². The summed E-state index contributed by atoms with van der Waals surface area (Å²) in [5, 5.41) is 0.737. The average molecular weight is 282 g/mol. The van der Waals surface area contributed by atoms with E-state index in [1.165, 1.54) is 4.90 Å². The number of halogens is 2. The molecule has 0 bridgehead atoms. The molecule has 2 N–H and O–H groups in total. The van der Waals surface area contributed by atoms with Gasteiger partial charge in [-0.3, -0.25) is 4.90 Å². The van der Waals surface area contributed by atoms with Gasteiger partial charge in [0.05, 0.1) is 16.6 Å². The SMILES string of the molecule is C#CCN1C(=O)N=C(N)C1c1cccc(Cl)c1Cl. The van der Waals surface area contributed by atoms with Gasteiger partial charge in [0.15, 0.2) is 0 Å². The molecule has 2 rings (SSSR count). The molecule has 1 aliphatic rings. The molecular weight excluding hydrogens is 273 g/mol. The highest BCUT2D eigenvalue weighted by Crippen LogP contribution is 2.35. The number of aliphatic imine (C=N–C) groups is 1. The van der Waals surface area contributed by atoms with Crippen LogP contribution in [0.5, 0.6) is 0 Å². The number of hydrogen-bond donors (Lipinski definition) is 1. The van der Waals surface area contributed by atoms with Crippen LogP contribution in [0.15, 0.2) is 23.2 Å². The fraction of sp³-hybridized carbons (Fsp3) is 0.167. The molecule has 1 aromatic rings. The Morgan fingerprint density at radius 1 is 1.50 bits per heavy atom. The van der Waals surface area contributed by atoms with E-state index in [4.69, 9.17) is 35.4 Å². The third-order valence-electron chi connectivity index (χ3n) is 2.60. The summed E-state index contributed by atoms with van der Waals surface area (Å²) in [6.45, 7) is 0.108. The molecule has 2 amide bonds. The van der Waals surface area contributed by atoms with Gasteiger partial charge in [-0.1, -0.05) is 41.3 Å². The van der Waals surface area contributed by atoms with Gasteiger partial charge < -0.3 is 5.73 Å². The van der Waals surface area contributed by atoms with E-state index in [2.05, 4.69) is 10.9 Å². The van der Waals surface area contributed by atoms with Crippen molar-refractivity contribution in [2.24, 2.45) is 10.7 Å². The highest BCUT2D eigenvalue weighted by Gasteiger charge is 2.35. The first kappa shape index (κ1) is 12.7. The summed E-state index contributed by atoms with van der Waals surface area (Å²) in [6.07, 6.45) is 5.23. The van der Waals surface area contributed by atoms with E-state index in [-0.39, 0.29) is 12.4 Å². The first-order valence-corrected chi connectivity index (χ1v) is 5.84. The van der Waals surface area contributed by atoms with Crippen LogP contribution in [0.1, 0.15) is 11.6 Å². The number of urea groups is 1. The smallest absolute Gasteiger partial charge is 0.346 e. The van der Waals surface area contributed by atoms with Gasteiger partial charge in [-0.2, -0.15) is 4.99 Å². The van der Waals surface area contributed by atoms with Gasteiger partial charge in [-0.25, -0.2) is 4.79 Å². The minimum atomic E-state index is -0.556. The molecule has 4 nitrogen and oxygen atoms in total. The number of terminal acetylenes is 1. The molecule has 0 radical (unpaired) electrons. The number of nitrogens with zero attached hydrogens (tertiary/aromatic N) is 2. The van der Waals surface area contributed by atoms with Crippen LogP contribution in [0.2, 0.25) is 10.0 Å². The molecule has 0 spiro atoms. The fourth-order valence-electron chi connectivity index (χ4n) is 1.82. The summed E-state index contributed by atoms with van der Waals surface area (Å²) in [5.41, 5.74) is 6.38. The second-order valence-electron chi connectivity index (χ2n) is 3.70. The first-order chi connectivity index (χ1) is 8.56. The molecule has 0 saturated carbocycles. The summed E-state index contributed by atoms with van der Waals surface area (Å²) in [7, 11) is 0. The zero-order valence-corrected chi connectivity index (χ0v) is 10.7. The molecular formula is C12H9Cl2N3O. The van der Waals surface area contributed by atoms with Crippen LogP contribution in [-0.2, 0) is 0 Å². The lowest BCUT2D eigenvalue weighted by molar-refractivity contribution is 0.213. The molecule has 92 valence electrons. The number of hydrogen-bond acceptors (Lipinski definition) is 2. The minimum absolute atomic E-state index is 0.108. The third-order valence-corrected chi connectivity index (χ3v) is 3.43. The Bertz CT molecular complexity index is 577. The molecule has 1 aromatic carbocycles. The van der Waals surface area contributed by atoms with E-state index in [9.17, 15) is 4.79 Å². The highest BCUT2D eigenvalue weighted by atomic mass is 35.5. The molecule has 1 atom stereocenters. The van der Waals surface area contributed by atoms with Gasteiger partial charge >= 0.3 is 6.03 Å². The maximum atomic E-state index is 11.6. The number of amidine groups is 1. The number of rotatable bonds is 2. The molecule has 1 aliphatic heterocycles. The van der Waals surface area contributed by atoms with Crippen molar-refractivity contribution in [2.75, 3.05) is 6.54 Å². The van der Waals surface area contributed by atoms with E-state index >= 15 is 0 Å². The molecule has 6 heteroatoms. The number of amides is 2. The van der Waals surface area contributed by atoms with Crippen molar-refractivity contribution in [3.63, 3.8) is 0 Å². The van der Waals surface area contributed by atoms with Crippen LogP contribution in [0.25, 0.3) is 0 Å². The average Bonchev–Trinajstić information content (AvgIpc) is 2.59. The second kappa shape index (κ2) is 4.89. The highest BCUT2D eigenvalue weighted by molar-refractivity contribution is 6.42. The molecule has 18 heavy (non-hydrogen) atoms. The molecule has 0 aliphatic carbocycles. The maximum absolute atomic E-state index is 11.6. The van der Waals surface area contributed by atoms with Gasteiger partial charge in [0, 0.05) is 5.56 Å². The van der Waals surface area contributed by atoms with Crippen LogP contribution in [-0.4, -0.2) is 23.3 Å². The summed E-state index contributed by atoms with van der Waals surface area (Å²) in [5.74, 6) is 2.56. The van der Waals surface area contributed by atoms with Gasteiger partial charge in [0.25, 0.3) is 0 Å². The first-order valence-electron chi connectivity index (χ1n) is 5.08. The monoisotopic (exact) mass is 281 g/mol. The van der Waals surface area contributed by atoms with E-state index in [0.717, 1.165) is 0 Å². The van der Waals surface area contributed by atoms with E-state index in [1.807, 2.05) is 0 Å². The zero-order chi connectivity index (χ0) is 13.3. The second-order valence-corrected chi connectivity index (χ2v) is 4.48. The number of benzene rings is 1. The van der Waals surface area contributed by atoms with Gasteiger partial charge in [-0.15, -0.1) is 6.42 Å². The predicted molar refractivity (Wildman–Crippen MR) is 71.8 cm³/mol. The van der Waals surface area contributed by atoms with Crippen molar-refractivity contribution in [1.82, 2.24) is 4.90 Å². The van der Waals surface area contributed by atoms with Crippen molar-refractivity contribution in [3.05, 3.63) is 33.8 Å². The summed E-state index contributed by atoms with van der Waals surface area (Å²) < 4.78 is 0. The van der Waals surface area contributed by atoms with E-state index < -0.39 is 12.1 Å². The Kier molecular flexibility index (Phi) is 3.46. The number of carbonyl (C=O) groups is 1. The van der Waals surface area contributed by atoms with Crippen molar-refractivity contribution >= 4 is 35.1 Å². The largest absolute Gasteiger partial charge is 0.385 e. The van der Waals surface area contributed by atoms with Crippen LogP contribution < -0.4 is 5.73 Å². The molecule has 1 unspecified atom stereocenters. The van der Waals surface area contributed by atoms with Gasteiger partial charge in [0.1, 0.15) is 11.9 Å². The zero-order valence-electron chi connectivity index (χ0n) is 9.23. The van der Waals surface area contributed by atoms with Crippen molar-refractivity contribution < 1.29 is 4.79 Å². The van der Waals surface area contributed by atoms with Crippen molar-refractivity contribution in [3.8, 4) is 12.3 Å². The van der Waals surface area contributed by atoms with Crippen molar-refractivity contribution in [1.29, 1.82) is 0 Å². The van der Waals surface area contributed by atoms with E-state index in [1.54, 1.807) is 18.2 Å². The third kappa shape index (κ3) is 2.03. The Balaban J connectivity index is 2.48. The Morgan fingerprint density at radius 3 is 2.89 bits per heavy atom. The quantitative estimate of drug-likeness (QED) is 0.847. The number of nitrogens with two attached hydrogens (primary N) is 1. The lowest BCUT2D eigenvalue weighted by Crippen LogP contribution is -2.33. The van der Waals surface area contributed by atoms with E-state index in [0.29, 0.717) is 15.6 Å². The maximum Gasteiger partial charge on any atom is 0.346 e. The Hall–Kier alpha value is -1.70. The topological polar surface area (TPSA) is 58.7 Å². The van der Waals surface area contributed by atoms with Crippen LogP contribution in [0.4, 0.5) is 4.79 Å². The van der Waals surface area contributed by atoms with Crippen molar-refractivity contribution in [2.45, 2.75) is 6.04 Å². The molecule has 0 aromatic heterocycles. The minimum Gasteiger partial charge on any atom is -0.385 e. The summed E-state index contributed by atoms with van der Waals surface area (Å²) in [6, 6.07) is 4.10. The summed E-state index contributed by atoms with van der Waals surface area (Å²) in [4.78, 5) is 16.7. The predicted octanol–water partition coefficient (Wildman–Crippen LogP) is 2.46. The van der Waals surface area contributed by atoms with Crippen LogP contribution >= 0.6 is 23.2 Å². The number of carbonyl (C=O) groups excluding carboxylic acids is 1. The lowest BCUT2D eigenvalue weighted by atomic mass is 10.1. The molecule has 0 fully saturated rings. The van der Waals surface area contributed by atoms with Gasteiger partial charge in [0.2, 0.25) is 0 Å². The Morgan fingerprint density at radius 2 is 2.22 bits per heavy atom. The lowest BCUT2D eigenvalue weighted by Gasteiger charge is -2.23.